The molecule has 2 heterocycles. The first-order chi connectivity index (χ1) is 8.22. The number of nitrogens with zero attached hydrogens (tertiary/aromatic N) is 4. The van der Waals surface area contributed by atoms with E-state index in [1.54, 1.807) is 0 Å². The fraction of sp³-hybridized carbons (Fsp3) is 0.667. The number of nitrogen functional groups attached to an aromatic ring is 1. The lowest BCUT2D eigenvalue weighted by molar-refractivity contribution is 0.378. The first-order valence-corrected chi connectivity index (χ1v) is 6.41. The van der Waals surface area contributed by atoms with E-state index in [0.717, 1.165) is 18.8 Å². The number of rotatable bonds is 3. The standard InChI is InChI=1S/C9H16N6OS/c1-6-5-15(3-4-17-6)8-11-7(14-10)12-9(13-8)16-2/h6H,3-5,10H2,1-2H3,(H,11,12,13,14). The van der Waals surface area contributed by atoms with Crippen molar-refractivity contribution in [2.45, 2.75) is 12.2 Å². The van der Waals surface area contributed by atoms with E-state index in [2.05, 4.69) is 32.2 Å². The second kappa shape index (κ2) is 5.37. The lowest BCUT2D eigenvalue weighted by Gasteiger charge is -2.30. The Hall–Kier alpha value is -1.28. The number of thioether (sulfide) groups is 1. The van der Waals surface area contributed by atoms with Crippen molar-refractivity contribution in [3.05, 3.63) is 0 Å². The van der Waals surface area contributed by atoms with Crippen LogP contribution in [0.1, 0.15) is 6.92 Å². The average Bonchev–Trinajstić information content (AvgIpc) is 2.38. The lowest BCUT2D eigenvalue weighted by Crippen LogP contribution is -2.38. The summed E-state index contributed by atoms with van der Waals surface area (Å²) in [7, 11) is 1.52. The molecule has 1 atom stereocenters. The summed E-state index contributed by atoms with van der Waals surface area (Å²) in [6.07, 6.45) is 0. The Morgan fingerprint density at radius 2 is 2.29 bits per heavy atom. The summed E-state index contributed by atoms with van der Waals surface area (Å²) in [4.78, 5) is 14.6. The molecule has 1 aromatic heterocycles. The van der Waals surface area contributed by atoms with Gasteiger partial charge in [0.1, 0.15) is 0 Å². The van der Waals surface area contributed by atoms with Gasteiger partial charge in [-0.05, 0) is 0 Å². The molecule has 3 N–H and O–H groups in total. The van der Waals surface area contributed by atoms with Gasteiger partial charge in [-0.25, -0.2) is 5.84 Å². The Morgan fingerprint density at radius 3 is 2.94 bits per heavy atom. The number of ether oxygens (including phenoxy) is 1. The van der Waals surface area contributed by atoms with Crippen molar-refractivity contribution in [3.63, 3.8) is 0 Å². The largest absolute Gasteiger partial charge is 0.467 e. The highest BCUT2D eigenvalue weighted by Gasteiger charge is 2.20. The molecule has 1 fully saturated rings. The molecule has 17 heavy (non-hydrogen) atoms. The van der Waals surface area contributed by atoms with E-state index < -0.39 is 0 Å². The van der Waals surface area contributed by atoms with Gasteiger partial charge in [0.05, 0.1) is 7.11 Å². The van der Waals surface area contributed by atoms with Gasteiger partial charge in [-0.2, -0.15) is 26.7 Å². The lowest BCUT2D eigenvalue weighted by atomic mass is 10.4. The summed E-state index contributed by atoms with van der Waals surface area (Å²) in [6.45, 7) is 4.03. The smallest absolute Gasteiger partial charge is 0.322 e. The van der Waals surface area contributed by atoms with Crippen molar-refractivity contribution in [3.8, 4) is 6.01 Å². The van der Waals surface area contributed by atoms with Crippen LogP contribution in [0.4, 0.5) is 11.9 Å². The van der Waals surface area contributed by atoms with Crippen molar-refractivity contribution >= 4 is 23.7 Å². The topological polar surface area (TPSA) is 89.2 Å². The number of hydrogen-bond donors (Lipinski definition) is 2. The second-order valence-electron chi connectivity index (χ2n) is 3.72. The summed E-state index contributed by atoms with van der Waals surface area (Å²) >= 11 is 1.95. The average molecular weight is 256 g/mol. The SMILES string of the molecule is COc1nc(NN)nc(N2CCSC(C)C2)n1. The van der Waals surface area contributed by atoms with Crippen LogP contribution < -0.4 is 20.9 Å². The third-order valence-electron chi connectivity index (χ3n) is 2.44. The Bertz CT molecular complexity index is 367. The first kappa shape index (κ1) is 12.2. The van der Waals surface area contributed by atoms with E-state index in [1.807, 2.05) is 11.8 Å². The maximum atomic E-state index is 5.32. The van der Waals surface area contributed by atoms with Gasteiger partial charge >= 0.3 is 6.01 Å². The van der Waals surface area contributed by atoms with Crippen molar-refractivity contribution in [1.82, 2.24) is 15.0 Å². The van der Waals surface area contributed by atoms with Gasteiger partial charge in [-0.3, -0.25) is 5.43 Å². The van der Waals surface area contributed by atoms with Crippen LogP contribution >= 0.6 is 11.8 Å². The van der Waals surface area contributed by atoms with Crippen LogP contribution in [-0.2, 0) is 0 Å². The molecule has 0 saturated carbocycles. The molecule has 1 unspecified atom stereocenters. The minimum absolute atomic E-state index is 0.272. The summed E-state index contributed by atoms with van der Waals surface area (Å²) in [5, 5.41) is 0.570. The summed E-state index contributed by atoms with van der Waals surface area (Å²) < 4.78 is 5.03. The molecule has 0 bridgehead atoms. The number of hydrazine groups is 1. The summed E-state index contributed by atoms with van der Waals surface area (Å²) in [5.74, 6) is 7.31. The van der Waals surface area contributed by atoms with Crippen molar-refractivity contribution in [1.29, 1.82) is 0 Å². The van der Waals surface area contributed by atoms with Crippen LogP contribution in [0.5, 0.6) is 6.01 Å². The molecule has 0 amide bonds. The van der Waals surface area contributed by atoms with Gasteiger partial charge in [0, 0.05) is 24.1 Å². The molecule has 0 spiro atoms. The van der Waals surface area contributed by atoms with E-state index in [0.29, 0.717) is 17.1 Å². The Labute approximate surface area is 104 Å². The Kier molecular flexibility index (Phi) is 3.85. The number of anilines is 2. The zero-order chi connectivity index (χ0) is 12.3. The van der Waals surface area contributed by atoms with Gasteiger partial charge in [-0.15, -0.1) is 0 Å². The molecule has 7 nitrogen and oxygen atoms in total. The molecule has 0 radical (unpaired) electrons. The van der Waals surface area contributed by atoms with Crippen LogP contribution in [0.15, 0.2) is 0 Å². The maximum absolute atomic E-state index is 5.32. The normalized spacial score (nSPS) is 20.2. The van der Waals surface area contributed by atoms with Gasteiger partial charge in [0.25, 0.3) is 0 Å². The molecular formula is C9H16N6OS. The summed E-state index contributed by atoms with van der Waals surface area (Å²) in [6, 6.07) is 0.272. The molecule has 1 aromatic rings. The maximum Gasteiger partial charge on any atom is 0.322 e. The van der Waals surface area contributed by atoms with Crippen LogP contribution in [0.25, 0.3) is 0 Å². The zero-order valence-corrected chi connectivity index (χ0v) is 10.7. The minimum Gasteiger partial charge on any atom is -0.467 e. The van der Waals surface area contributed by atoms with E-state index in [9.17, 15) is 0 Å². The van der Waals surface area contributed by atoms with E-state index in [4.69, 9.17) is 10.6 Å². The molecule has 1 aliphatic heterocycles. The predicted octanol–water partition coefficient (Wildman–Crippen LogP) is 0.107. The first-order valence-electron chi connectivity index (χ1n) is 5.36. The van der Waals surface area contributed by atoms with E-state index in [-0.39, 0.29) is 6.01 Å². The third-order valence-corrected chi connectivity index (χ3v) is 3.58. The van der Waals surface area contributed by atoms with Crippen LogP contribution in [0.2, 0.25) is 0 Å². The van der Waals surface area contributed by atoms with Crippen molar-refractivity contribution in [2.75, 3.05) is 36.3 Å². The molecular weight excluding hydrogens is 240 g/mol. The molecule has 0 aromatic carbocycles. The quantitative estimate of drug-likeness (QED) is 0.582. The van der Waals surface area contributed by atoms with E-state index >= 15 is 0 Å². The highest BCUT2D eigenvalue weighted by molar-refractivity contribution is 8.00. The Morgan fingerprint density at radius 1 is 1.47 bits per heavy atom. The highest BCUT2D eigenvalue weighted by atomic mass is 32.2. The van der Waals surface area contributed by atoms with Gasteiger partial charge < -0.3 is 9.64 Å². The molecule has 0 aliphatic carbocycles. The molecule has 2 rings (SSSR count). The number of hydrogen-bond acceptors (Lipinski definition) is 8. The monoisotopic (exact) mass is 256 g/mol. The van der Waals surface area contributed by atoms with Crippen LogP contribution in [0, 0.1) is 0 Å². The van der Waals surface area contributed by atoms with Gasteiger partial charge in [-0.1, -0.05) is 6.92 Å². The number of methoxy groups -OCH3 is 1. The predicted molar refractivity (Wildman–Crippen MR) is 68.3 cm³/mol. The Balaban J connectivity index is 2.23. The number of nitrogens with one attached hydrogen (secondary N) is 1. The summed E-state index contributed by atoms with van der Waals surface area (Å²) in [5.41, 5.74) is 2.42. The number of aromatic nitrogens is 3. The fourth-order valence-corrected chi connectivity index (χ4v) is 2.66. The van der Waals surface area contributed by atoms with Crippen LogP contribution in [-0.4, -0.2) is 46.2 Å². The molecule has 1 aliphatic rings. The molecule has 1 saturated heterocycles. The van der Waals surface area contributed by atoms with Gasteiger partial charge in [0.2, 0.25) is 11.9 Å². The third kappa shape index (κ3) is 2.89. The number of nitrogens with two attached hydrogens (primary N) is 1. The van der Waals surface area contributed by atoms with Gasteiger partial charge in [0.15, 0.2) is 0 Å². The minimum atomic E-state index is 0.272. The van der Waals surface area contributed by atoms with Crippen LogP contribution in [0.3, 0.4) is 0 Å². The van der Waals surface area contributed by atoms with Crippen molar-refractivity contribution in [2.24, 2.45) is 5.84 Å². The second-order valence-corrected chi connectivity index (χ2v) is 5.26. The van der Waals surface area contributed by atoms with Crippen molar-refractivity contribution < 1.29 is 4.74 Å². The fourth-order valence-electron chi connectivity index (χ4n) is 1.64. The zero-order valence-electron chi connectivity index (χ0n) is 9.88. The molecule has 8 heteroatoms. The van der Waals surface area contributed by atoms with E-state index in [1.165, 1.54) is 7.11 Å². The highest BCUT2D eigenvalue weighted by Crippen LogP contribution is 2.22. The molecule has 94 valence electrons.